The number of carboxylic acids is 1. The van der Waals surface area contributed by atoms with Crippen LogP contribution in [-0.2, 0) is 16.0 Å². The van der Waals surface area contributed by atoms with Gasteiger partial charge in [0.2, 0.25) is 5.91 Å². The number of amides is 1. The van der Waals surface area contributed by atoms with Gasteiger partial charge in [0.15, 0.2) is 23.4 Å². The number of hydrogen-bond acceptors (Lipinski definition) is 6. The van der Waals surface area contributed by atoms with Gasteiger partial charge >= 0.3 is 5.97 Å². The van der Waals surface area contributed by atoms with Gasteiger partial charge in [0, 0.05) is 6.42 Å². The van der Waals surface area contributed by atoms with Crippen LogP contribution in [0.25, 0.3) is 0 Å². The Labute approximate surface area is 154 Å². The molecule has 0 radical (unpaired) electrons. The summed E-state index contributed by atoms with van der Waals surface area (Å²) in [6, 6.07) is 1.81. The lowest BCUT2D eigenvalue weighted by Crippen LogP contribution is -2.43. The van der Waals surface area contributed by atoms with Gasteiger partial charge in [-0.1, -0.05) is 6.07 Å². The molecule has 0 heterocycles. The fourth-order valence-electron chi connectivity index (χ4n) is 2.17. The van der Waals surface area contributed by atoms with Crippen molar-refractivity contribution in [3.05, 3.63) is 23.8 Å². The predicted molar refractivity (Wildman–Crippen MR) is 97.9 cm³/mol. The largest absolute Gasteiger partial charge is 0.504 e. The first kappa shape index (κ1) is 21.3. The standard InChI is InChI=1S/C15H23N7O5/c16-14(17)20-6-8(21-15(18)19)5-12(25)22-9(13(26)27)3-7-1-2-10(23)11(24)4-7/h1-2,4,8-9,23-24H,3,5-6H2,(H,22,25)(H,26,27)(H4,16,17,20)(H4,18,19,21)/t8?,9-/m0/s1. The number of benzene rings is 1. The average molecular weight is 381 g/mol. The van der Waals surface area contributed by atoms with E-state index in [1.54, 1.807) is 0 Å². The molecule has 0 bridgehead atoms. The molecular formula is C15H23N7O5. The maximum absolute atomic E-state index is 12.2. The van der Waals surface area contributed by atoms with E-state index in [-0.39, 0.29) is 37.1 Å². The number of aliphatic carboxylic acids is 1. The predicted octanol–water partition coefficient (Wildman–Crippen LogP) is -2.48. The van der Waals surface area contributed by atoms with Gasteiger partial charge in [0.05, 0.1) is 19.0 Å². The zero-order valence-corrected chi connectivity index (χ0v) is 14.4. The molecule has 0 aromatic heterocycles. The van der Waals surface area contributed by atoms with Crippen molar-refractivity contribution in [1.82, 2.24) is 5.32 Å². The summed E-state index contributed by atoms with van der Waals surface area (Å²) in [5.74, 6) is -3.12. The van der Waals surface area contributed by atoms with E-state index in [2.05, 4.69) is 15.3 Å². The Kier molecular flexibility index (Phi) is 7.67. The van der Waals surface area contributed by atoms with Crippen molar-refractivity contribution < 1.29 is 24.9 Å². The highest BCUT2D eigenvalue weighted by atomic mass is 16.4. The molecule has 12 nitrogen and oxygen atoms in total. The molecular weight excluding hydrogens is 358 g/mol. The lowest BCUT2D eigenvalue weighted by molar-refractivity contribution is -0.141. The summed E-state index contributed by atoms with van der Waals surface area (Å²) in [6.45, 7) is -0.0583. The van der Waals surface area contributed by atoms with Crippen LogP contribution in [0.2, 0.25) is 0 Å². The molecule has 0 fully saturated rings. The fourth-order valence-corrected chi connectivity index (χ4v) is 2.17. The number of carbonyl (C=O) groups is 2. The first-order valence-electron chi connectivity index (χ1n) is 7.75. The average Bonchev–Trinajstić information content (AvgIpc) is 2.54. The molecule has 1 rings (SSSR count). The highest BCUT2D eigenvalue weighted by molar-refractivity contribution is 5.84. The number of carbonyl (C=O) groups excluding carboxylic acids is 1. The monoisotopic (exact) mass is 381 g/mol. The van der Waals surface area contributed by atoms with Gasteiger partial charge in [-0.2, -0.15) is 0 Å². The number of rotatable bonds is 9. The number of carboxylic acid groups (broad SMARTS) is 1. The summed E-state index contributed by atoms with van der Waals surface area (Å²) < 4.78 is 0. The van der Waals surface area contributed by atoms with E-state index < -0.39 is 29.7 Å². The van der Waals surface area contributed by atoms with Gasteiger partial charge < -0.3 is 43.6 Å². The normalized spacial score (nSPS) is 12.4. The second kappa shape index (κ2) is 9.70. The molecule has 12 N–H and O–H groups in total. The molecule has 0 aliphatic rings. The van der Waals surface area contributed by atoms with Crippen molar-refractivity contribution in [3.8, 4) is 11.5 Å². The Morgan fingerprint density at radius 3 is 2.26 bits per heavy atom. The Morgan fingerprint density at radius 1 is 1.07 bits per heavy atom. The molecule has 0 aliphatic carbocycles. The number of nitrogens with two attached hydrogens (primary N) is 4. The van der Waals surface area contributed by atoms with Gasteiger partial charge in [0.25, 0.3) is 0 Å². The van der Waals surface area contributed by atoms with Crippen molar-refractivity contribution in [2.24, 2.45) is 32.9 Å². The minimum Gasteiger partial charge on any atom is -0.504 e. The van der Waals surface area contributed by atoms with E-state index in [4.69, 9.17) is 22.9 Å². The van der Waals surface area contributed by atoms with Crippen LogP contribution >= 0.6 is 0 Å². The second-order valence-corrected chi connectivity index (χ2v) is 5.66. The van der Waals surface area contributed by atoms with Crippen molar-refractivity contribution in [2.75, 3.05) is 6.54 Å². The Balaban J connectivity index is 2.81. The van der Waals surface area contributed by atoms with Crippen molar-refractivity contribution >= 4 is 23.8 Å². The minimum atomic E-state index is -1.28. The summed E-state index contributed by atoms with van der Waals surface area (Å²) in [6.07, 6.45) is -0.366. The van der Waals surface area contributed by atoms with E-state index in [9.17, 15) is 24.9 Å². The number of aromatic hydroxyl groups is 2. The molecule has 0 saturated heterocycles. The smallest absolute Gasteiger partial charge is 0.326 e. The van der Waals surface area contributed by atoms with Gasteiger partial charge in [-0.25, -0.2) is 9.79 Å². The third kappa shape index (κ3) is 7.81. The molecule has 148 valence electrons. The minimum absolute atomic E-state index is 0.0583. The molecule has 0 spiro atoms. The van der Waals surface area contributed by atoms with Gasteiger partial charge in [-0.15, -0.1) is 0 Å². The third-order valence-electron chi connectivity index (χ3n) is 3.35. The van der Waals surface area contributed by atoms with Gasteiger partial charge in [0.1, 0.15) is 6.04 Å². The molecule has 1 aromatic rings. The number of guanidine groups is 2. The zero-order valence-electron chi connectivity index (χ0n) is 14.4. The Bertz CT molecular complexity index is 742. The van der Waals surface area contributed by atoms with Crippen LogP contribution in [0, 0.1) is 0 Å². The topological polar surface area (TPSA) is 236 Å². The number of nitrogens with one attached hydrogen (secondary N) is 1. The molecule has 1 unspecified atom stereocenters. The van der Waals surface area contributed by atoms with E-state index in [1.807, 2.05) is 0 Å². The first-order chi connectivity index (χ1) is 12.6. The van der Waals surface area contributed by atoms with Crippen molar-refractivity contribution in [3.63, 3.8) is 0 Å². The van der Waals surface area contributed by atoms with Crippen LogP contribution in [0.4, 0.5) is 0 Å². The summed E-state index contributed by atoms with van der Waals surface area (Å²) in [7, 11) is 0. The lowest BCUT2D eigenvalue weighted by Gasteiger charge is -2.17. The lowest BCUT2D eigenvalue weighted by atomic mass is 10.0. The number of nitrogens with zero attached hydrogens (tertiary/aromatic N) is 2. The SMILES string of the molecule is NC(N)=NCC(CC(=O)N[C@@H](Cc1ccc(O)c(O)c1)C(=O)O)N=C(N)N. The zero-order chi connectivity index (χ0) is 20.6. The molecule has 12 heteroatoms. The van der Waals surface area contributed by atoms with Crippen LogP contribution in [0.3, 0.4) is 0 Å². The Morgan fingerprint density at radius 2 is 1.74 bits per heavy atom. The fraction of sp³-hybridized carbons (Fsp3) is 0.333. The molecule has 0 saturated carbocycles. The first-order valence-corrected chi connectivity index (χ1v) is 7.75. The highest BCUT2D eigenvalue weighted by Crippen LogP contribution is 2.25. The van der Waals surface area contributed by atoms with E-state index in [1.165, 1.54) is 18.2 Å². The van der Waals surface area contributed by atoms with Crippen molar-refractivity contribution in [2.45, 2.75) is 24.9 Å². The number of aliphatic imine (C=N–C) groups is 2. The van der Waals surface area contributed by atoms with Crippen LogP contribution in [0.15, 0.2) is 28.2 Å². The summed E-state index contributed by atoms with van der Waals surface area (Å²) in [5, 5.41) is 30.4. The Hall–Kier alpha value is -3.70. The van der Waals surface area contributed by atoms with Gasteiger partial charge in [-0.3, -0.25) is 9.79 Å². The highest BCUT2D eigenvalue weighted by Gasteiger charge is 2.23. The maximum atomic E-state index is 12.2. The summed E-state index contributed by atoms with van der Waals surface area (Å²) in [4.78, 5) is 31.2. The maximum Gasteiger partial charge on any atom is 0.326 e. The molecule has 27 heavy (non-hydrogen) atoms. The van der Waals surface area contributed by atoms with E-state index in [0.29, 0.717) is 5.56 Å². The van der Waals surface area contributed by atoms with Gasteiger partial charge in [-0.05, 0) is 17.7 Å². The molecule has 2 atom stereocenters. The summed E-state index contributed by atoms with van der Waals surface area (Å²) >= 11 is 0. The van der Waals surface area contributed by atoms with Crippen LogP contribution < -0.4 is 28.3 Å². The summed E-state index contributed by atoms with van der Waals surface area (Å²) in [5.41, 5.74) is 21.5. The third-order valence-corrected chi connectivity index (χ3v) is 3.35. The van der Waals surface area contributed by atoms with E-state index in [0.717, 1.165) is 0 Å². The van der Waals surface area contributed by atoms with Crippen molar-refractivity contribution in [1.29, 1.82) is 0 Å². The molecule has 0 aliphatic heterocycles. The quantitative estimate of drug-likeness (QED) is 0.128. The molecule has 1 amide bonds. The van der Waals surface area contributed by atoms with E-state index >= 15 is 0 Å². The van der Waals surface area contributed by atoms with Crippen LogP contribution in [-0.4, -0.2) is 57.7 Å². The number of phenolic OH excluding ortho intramolecular Hbond substituents is 2. The number of phenols is 2. The second-order valence-electron chi connectivity index (χ2n) is 5.66. The van der Waals surface area contributed by atoms with Crippen LogP contribution in [0.1, 0.15) is 12.0 Å². The number of hydrogen-bond donors (Lipinski definition) is 8. The molecule has 1 aromatic carbocycles. The van der Waals surface area contributed by atoms with Crippen LogP contribution in [0.5, 0.6) is 11.5 Å².